The van der Waals surface area contributed by atoms with Gasteiger partial charge in [-0.25, -0.2) is 14.5 Å². The van der Waals surface area contributed by atoms with Crippen molar-refractivity contribution in [2.75, 3.05) is 0 Å². The van der Waals surface area contributed by atoms with Gasteiger partial charge in [0.1, 0.15) is 5.82 Å². The number of carboxylic acids is 1. The summed E-state index contributed by atoms with van der Waals surface area (Å²) >= 11 is 0. The number of carboxylic acid groups (broad SMARTS) is 1. The van der Waals surface area contributed by atoms with Gasteiger partial charge in [0.25, 0.3) is 0 Å². The van der Waals surface area contributed by atoms with E-state index in [1.165, 1.54) is 0 Å². The molecule has 6 heteroatoms. The summed E-state index contributed by atoms with van der Waals surface area (Å²) in [7, 11) is 0. The van der Waals surface area contributed by atoms with Crippen molar-refractivity contribution in [1.29, 1.82) is 0 Å². The second-order valence-electron chi connectivity index (χ2n) is 6.11. The Morgan fingerprint density at radius 3 is 2.62 bits per heavy atom. The Hall–Kier alpha value is -3.02. The average Bonchev–Trinajstić information content (AvgIpc) is 3.04. The predicted octanol–water partition coefficient (Wildman–Crippen LogP) is 3.60. The number of nitrogens with zero attached hydrogens (tertiary/aromatic N) is 4. The molecular weight excluding hydrogens is 328 g/mol. The lowest BCUT2D eigenvalue weighted by molar-refractivity contribution is 0.0697. The molecule has 2 aromatic heterocycles. The largest absolute Gasteiger partial charge is 0.478 e. The van der Waals surface area contributed by atoms with E-state index in [9.17, 15) is 9.90 Å². The van der Waals surface area contributed by atoms with E-state index in [1.807, 2.05) is 29.8 Å². The quantitative estimate of drug-likeness (QED) is 0.704. The van der Waals surface area contributed by atoms with Crippen LogP contribution < -0.4 is 0 Å². The fourth-order valence-corrected chi connectivity index (χ4v) is 2.85. The van der Waals surface area contributed by atoms with Crippen molar-refractivity contribution >= 4 is 5.97 Å². The Labute approximate surface area is 152 Å². The van der Waals surface area contributed by atoms with Crippen molar-refractivity contribution in [3.8, 4) is 11.3 Å². The maximum absolute atomic E-state index is 11.4. The van der Waals surface area contributed by atoms with Crippen LogP contribution in [0.4, 0.5) is 0 Å². The van der Waals surface area contributed by atoms with Gasteiger partial charge in [-0.15, -0.1) is 0 Å². The van der Waals surface area contributed by atoms with Crippen molar-refractivity contribution < 1.29 is 9.90 Å². The molecule has 0 amide bonds. The van der Waals surface area contributed by atoms with Crippen molar-refractivity contribution in [3.05, 3.63) is 65.4 Å². The lowest BCUT2D eigenvalue weighted by atomic mass is 10.0. The van der Waals surface area contributed by atoms with E-state index in [4.69, 9.17) is 0 Å². The molecule has 0 aliphatic rings. The second kappa shape index (κ2) is 7.91. The van der Waals surface area contributed by atoms with Crippen LogP contribution in [-0.2, 0) is 19.4 Å². The van der Waals surface area contributed by atoms with E-state index in [0.717, 1.165) is 36.5 Å². The molecule has 0 bridgehead atoms. The maximum Gasteiger partial charge on any atom is 0.336 e. The fourth-order valence-electron chi connectivity index (χ4n) is 2.85. The van der Waals surface area contributed by atoms with Crippen LogP contribution in [0.1, 0.15) is 47.8 Å². The monoisotopic (exact) mass is 350 g/mol. The molecule has 3 rings (SSSR count). The number of carbonyl (C=O) groups is 1. The normalized spacial score (nSPS) is 10.8. The molecule has 2 heterocycles. The first-order valence-electron chi connectivity index (χ1n) is 8.82. The number of benzene rings is 1. The van der Waals surface area contributed by atoms with Crippen molar-refractivity contribution in [1.82, 2.24) is 19.7 Å². The summed E-state index contributed by atoms with van der Waals surface area (Å²) in [4.78, 5) is 20.4. The van der Waals surface area contributed by atoms with Gasteiger partial charge in [-0.05, 0) is 24.1 Å². The molecule has 0 atom stereocenters. The van der Waals surface area contributed by atoms with Crippen LogP contribution in [0.25, 0.3) is 11.3 Å². The molecule has 0 saturated heterocycles. The van der Waals surface area contributed by atoms with Gasteiger partial charge in [-0.1, -0.05) is 38.1 Å². The summed E-state index contributed by atoms with van der Waals surface area (Å²) in [6.07, 6.45) is 4.50. The lowest BCUT2D eigenvalue weighted by Crippen LogP contribution is -2.07. The van der Waals surface area contributed by atoms with Gasteiger partial charge in [0.2, 0.25) is 0 Å². The Morgan fingerprint density at radius 1 is 1.15 bits per heavy atom. The number of aromatic nitrogens is 4. The van der Waals surface area contributed by atoms with E-state index in [0.29, 0.717) is 17.8 Å². The third-order valence-corrected chi connectivity index (χ3v) is 4.17. The van der Waals surface area contributed by atoms with Crippen LogP contribution in [0.2, 0.25) is 0 Å². The number of hydrogen-bond acceptors (Lipinski definition) is 4. The maximum atomic E-state index is 11.4. The molecule has 0 radical (unpaired) electrons. The molecule has 0 fully saturated rings. The molecule has 26 heavy (non-hydrogen) atoms. The summed E-state index contributed by atoms with van der Waals surface area (Å²) < 4.78 is 1.93. The molecular formula is C20H22N4O2. The molecule has 0 aliphatic heterocycles. The van der Waals surface area contributed by atoms with Gasteiger partial charge >= 0.3 is 5.97 Å². The van der Waals surface area contributed by atoms with E-state index in [1.54, 1.807) is 24.4 Å². The molecule has 0 unspecified atom stereocenters. The van der Waals surface area contributed by atoms with E-state index < -0.39 is 5.97 Å². The zero-order valence-electron chi connectivity index (χ0n) is 15.0. The smallest absolute Gasteiger partial charge is 0.336 e. The Morgan fingerprint density at radius 2 is 1.96 bits per heavy atom. The van der Waals surface area contributed by atoms with Gasteiger partial charge in [0.05, 0.1) is 17.8 Å². The molecule has 1 N–H and O–H groups in total. The first kappa shape index (κ1) is 17.8. The topological polar surface area (TPSA) is 80.9 Å². The summed E-state index contributed by atoms with van der Waals surface area (Å²) in [5.74, 6) is 0.892. The van der Waals surface area contributed by atoms with Crippen molar-refractivity contribution in [2.24, 2.45) is 0 Å². The van der Waals surface area contributed by atoms with Crippen LogP contribution in [0, 0.1) is 0 Å². The zero-order chi connectivity index (χ0) is 18.5. The van der Waals surface area contributed by atoms with Gasteiger partial charge in [0, 0.05) is 24.6 Å². The number of pyridine rings is 1. The Kier molecular flexibility index (Phi) is 5.41. The van der Waals surface area contributed by atoms with Crippen LogP contribution in [0.5, 0.6) is 0 Å². The van der Waals surface area contributed by atoms with Gasteiger partial charge < -0.3 is 5.11 Å². The average molecular weight is 350 g/mol. The van der Waals surface area contributed by atoms with Gasteiger partial charge in [-0.3, -0.25) is 4.98 Å². The van der Waals surface area contributed by atoms with Gasteiger partial charge in [-0.2, -0.15) is 5.10 Å². The van der Waals surface area contributed by atoms with Crippen molar-refractivity contribution in [3.63, 3.8) is 0 Å². The van der Waals surface area contributed by atoms with Gasteiger partial charge in [0.15, 0.2) is 5.82 Å². The summed E-state index contributed by atoms with van der Waals surface area (Å²) in [6.45, 7) is 4.78. The zero-order valence-corrected chi connectivity index (χ0v) is 15.0. The minimum absolute atomic E-state index is 0.252. The number of rotatable bonds is 7. The minimum Gasteiger partial charge on any atom is -0.478 e. The number of hydrogen-bond donors (Lipinski definition) is 1. The Balaban J connectivity index is 1.85. The van der Waals surface area contributed by atoms with Crippen molar-refractivity contribution in [2.45, 2.75) is 39.7 Å². The highest BCUT2D eigenvalue weighted by Crippen LogP contribution is 2.22. The lowest BCUT2D eigenvalue weighted by Gasteiger charge is -2.08. The highest BCUT2D eigenvalue weighted by molar-refractivity contribution is 5.95. The highest BCUT2D eigenvalue weighted by Gasteiger charge is 2.12. The highest BCUT2D eigenvalue weighted by atomic mass is 16.4. The molecule has 6 nitrogen and oxygen atoms in total. The van der Waals surface area contributed by atoms with E-state index in [2.05, 4.69) is 22.0 Å². The van der Waals surface area contributed by atoms with Crippen LogP contribution >= 0.6 is 0 Å². The number of aromatic carboxylic acids is 1. The second-order valence-corrected chi connectivity index (χ2v) is 6.11. The third-order valence-electron chi connectivity index (χ3n) is 4.17. The predicted molar refractivity (Wildman–Crippen MR) is 99.1 cm³/mol. The molecule has 134 valence electrons. The summed E-state index contributed by atoms with van der Waals surface area (Å²) in [6, 6.07) is 10.7. The van der Waals surface area contributed by atoms with E-state index >= 15 is 0 Å². The van der Waals surface area contributed by atoms with Crippen LogP contribution in [0.15, 0.2) is 42.6 Å². The first-order chi connectivity index (χ1) is 12.6. The first-order valence-corrected chi connectivity index (χ1v) is 8.82. The summed E-state index contributed by atoms with van der Waals surface area (Å²) in [5.41, 5.74) is 2.52. The Bertz CT molecular complexity index is 900. The fraction of sp³-hybridized carbons (Fsp3) is 0.300. The minimum atomic E-state index is -0.953. The van der Waals surface area contributed by atoms with E-state index in [-0.39, 0.29) is 5.56 Å². The third kappa shape index (κ3) is 3.79. The molecule has 0 aliphatic carbocycles. The molecule has 0 saturated carbocycles. The SMILES string of the molecule is CCCc1nc(CC)nn1Cc1ccc(-c2ccccc2C(=O)O)nc1. The standard InChI is InChI=1S/C20H22N4O2/c1-3-7-19-22-18(4-2)23-24(19)13-14-10-11-17(21-12-14)15-8-5-6-9-16(15)20(25)26/h5-6,8-12H,3-4,7,13H2,1-2H3,(H,25,26). The van der Waals surface area contributed by atoms with Crippen LogP contribution in [-0.4, -0.2) is 30.8 Å². The molecule has 1 aromatic carbocycles. The summed E-state index contributed by atoms with van der Waals surface area (Å²) in [5, 5.41) is 13.9. The molecule has 0 spiro atoms. The molecule has 3 aromatic rings. The number of aryl methyl sites for hydroxylation is 2. The van der Waals surface area contributed by atoms with Crippen LogP contribution in [0.3, 0.4) is 0 Å².